The third-order valence-corrected chi connectivity index (χ3v) is 4.23. The molecule has 6 nitrogen and oxygen atoms in total. The van der Waals surface area contributed by atoms with E-state index >= 15 is 0 Å². The number of anilines is 1. The van der Waals surface area contributed by atoms with Crippen LogP contribution in [0, 0.1) is 0 Å². The number of benzene rings is 1. The minimum absolute atomic E-state index is 0. The third-order valence-electron chi connectivity index (χ3n) is 4.23. The summed E-state index contributed by atoms with van der Waals surface area (Å²) in [6.07, 6.45) is 2.26. The number of amides is 2. The largest absolute Gasteiger partial charge is 0.368 e. The lowest BCUT2D eigenvalue weighted by atomic mass is 10.1. The van der Waals surface area contributed by atoms with Crippen molar-refractivity contribution in [1.82, 2.24) is 10.2 Å². The number of ether oxygens (including phenoxy) is 1. The molecule has 1 unspecified atom stereocenters. The number of halogens is 1. The van der Waals surface area contributed by atoms with Gasteiger partial charge in [-0.3, -0.25) is 9.59 Å². The van der Waals surface area contributed by atoms with E-state index in [2.05, 4.69) is 10.6 Å². The fourth-order valence-corrected chi connectivity index (χ4v) is 2.97. The lowest BCUT2D eigenvalue weighted by Crippen LogP contribution is -2.34. The highest BCUT2D eigenvalue weighted by Crippen LogP contribution is 2.17. The first-order valence-corrected chi connectivity index (χ1v) is 8.26. The van der Waals surface area contributed by atoms with Crippen LogP contribution in [0.5, 0.6) is 0 Å². The predicted octanol–water partition coefficient (Wildman–Crippen LogP) is 1.66. The van der Waals surface area contributed by atoms with Gasteiger partial charge in [-0.05, 0) is 44.0 Å². The Kier molecular flexibility index (Phi) is 7.02. The Balaban J connectivity index is 0.00000208. The summed E-state index contributed by atoms with van der Waals surface area (Å²) in [5.41, 5.74) is 1.25. The van der Waals surface area contributed by atoms with Gasteiger partial charge in [0.1, 0.15) is 6.10 Å². The second-order valence-electron chi connectivity index (χ2n) is 5.97. The van der Waals surface area contributed by atoms with Crippen LogP contribution in [-0.2, 0) is 9.53 Å². The zero-order chi connectivity index (χ0) is 16.1. The molecule has 2 fully saturated rings. The number of carbonyl (C=O) groups excluding carboxylic acids is 2. The molecule has 2 aliphatic rings. The van der Waals surface area contributed by atoms with Crippen LogP contribution >= 0.6 is 12.4 Å². The van der Waals surface area contributed by atoms with Gasteiger partial charge < -0.3 is 20.3 Å². The van der Waals surface area contributed by atoms with Crippen molar-refractivity contribution in [2.24, 2.45) is 0 Å². The maximum atomic E-state index is 12.6. The van der Waals surface area contributed by atoms with E-state index in [4.69, 9.17) is 4.74 Å². The van der Waals surface area contributed by atoms with Crippen LogP contribution in [0.25, 0.3) is 0 Å². The topological polar surface area (TPSA) is 70.7 Å². The highest BCUT2D eigenvalue weighted by molar-refractivity contribution is 5.98. The highest BCUT2D eigenvalue weighted by atomic mass is 35.5. The molecule has 2 saturated heterocycles. The van der Waals surface area contributed by atoms with Gasteiger partial charge in [0.2, 0.25) is 0 Å². The number of carbonyl (C=O) groups is 2. The van der Waals surface area contributed by atoms with E-state index in [1.807, 2.05) is 4.90 Å². The molecule has 0 saturated carbocycles. The van der Waals surface area contributed by atoms with Gasteiger partial charge in [0.05, 0.1) is 0 Å². The van der Waals surface area contributed by atoms with Crippen molar-refractivity contribution in [1.29, 1.82) is 0 Å². The van der Waals surface area contributed by atoms with Crippen LogP contribution in [0.4, 0.5) is 5.69 Å². The van der Waals surface area contributed by atoms with Crippen LogP contribution < -0.4 is 10.6 Å². The average Bonchev–Trinajstić information content (AvgIpc) is 2.97. The van der Waals surface area contributed by atoms with E-state index < -0.39 is 0 Å². The second-order valence-corrected chi connectivity index (χ2v) is 5.97. The normalized spacial score (nSPS) is 20.8. The second kappa shape index (κ2) is 9.01. The fraction of sp³-hybridized carbons (Fsp3) is 0.529. The van der Waals surface area contributed by atoms with Crippen LogP contribution in [0.2, 0.25) is 0 Å². The molecule has 1 aromatic rings. The molecule has 0 aromatic heterocycles. The van der Waals surface area contributed by atoms with Crippen LogP contribution in [0.3, 0.4) is 0 Å². The van der Waals surface area contributed by atoms with Crippen molar-refractivity contribution in [3.8, 4) is 0 Å². The summed E-state index contributed by atoms with van der Waals surface area (Å²) in [6, 6.07) is 7.14. The first kappa shape index (κ1) is 18.7. The SMILES string of the molecule is Cl.O=C(Nc1cccc(C(=O)N2CCCNCC2)c1)C1CCCO1. The van der Waals surface area contributed by atoms with Gasteiger partial charge in [-0.15, -0.1) is 12.4 Å². The van der Waals surface area contributed by atoms with Crippen LogP contribution in [0.15, 0.2) is 24.3 Å². The summed E-state index contributed by atoms with van der Waals surface area (Å²) in [5, 5.41) is 6.13. The molecule has 132 valence electrons. The summed E-state index contributed by atoms with van der Waals surface area (Å²) >= 11 is 0. The molecule has 2 N–H and O–H groups in total. The average molecular weight is 354 g/mol. The zero-order valence-corrected chi connectivity index (χ0v) is 14.4. The minimum Gasteiger partial charge on any atom is -0.368 e. The van der Waals surface area contributed by atoms with Gasteiger partial charge in [-0.25, -0.2) is 0 Å². The predicted molar refractivity (Wildman–Crippen MR) is 94.7 cm³/mol. The van der Waals surface area contributed by atoms with E-state index in [-0.39, 0.29) is 30.3 Å². The molecule has 2 amide bonds. The Labute approximate surface area is 148 Å². The van der Waals surface area contributed by atoms with E-state index in [1.165, 1.54) is 0 Å². The standard InChI is InChI=1S/C17H23N3O3.ClH/c21-16(15-6-2-11-23-15)19-14-5-1-4-13(12-14)17(22)20-9-3-7-18-8-10-20;/h1,4-5,12,15,18H,2-3,6-11H2,(H,19,21);1H. The Morgan fingerprint density at radius 1 is 1.21 bits per heavy atom. The molecule has 3 rings (SSSR count). The van der Waals surface area contributed by atoms with E-state index in [9.17, 15) is 9.59 Å². The Morgan fingerprint density at radius 3 is 2.88 bits per heavy atom. The van der Waals surface area contributed by atoms with Crippen molar-refractivity contribution < 1.29 is 14.3 Å². The number of hydrogen-bond donors (Lipinski definition) is 2. The van der Waals surface area contributed by atoms with E-state index in [0.717, 1.165) is 38.9 Å². The number of nitrogens with zero attached hydrogens (tertiary/aromatic N) is 1. The number of hydrogen-bond acceptors (Lipinski definition) is 4. The summed E-state index contributed by atoms with van der Waals surface area (Å²) in [7, 11) is 0. The molecule has 2 heterocycles. The van der Waals surface area contributed by atoms with Crippen LogP contribution in [0.1, 0.15) is 29.6 Å². The van der Waals surface area contributed by atoms with Gasteiger partial charge >= 0.3 is 0 Å². The molecular formula is C17H24ClN3O3. The monoisotopic (exact) mass is 353 g/mol. The van der Waals surface area contributed by atoms with Gasteiger partial charge in [-0.1, -0.05) is 6.07 Å². The molecule has 0 bridgehead atoms. The summed E-state index contributed by atoms with van der Waals surface area (Å²) in [5.74, 6) is -0.118. The third kappa shape index (κ3) is 4.69. The van der Waals surface area contributed by atoms with E-state index in [1.54, 1.807) is 24.3 Å². The lowest BCUT2D eigenvalue weighted by molar-refractivity contribution is -0.124. The van der Waals surface area contributed by atoms with Crippen molar-refractivity contribution >= 4 is 29.9 Å². The molecule has 7 heteroatoms. The number of rotatable bonds is 3. The molecule has 0 radical (unpaired) electrons. The smallest absolute Gasteiger partial charge is 0.253 e. The number of nitrogens with one attached hydrogen (secondary N) is 2. The van der Waals surface area contributed by atoms with Crippen molar-refractivity contribution in [2.75, 3.05) is 38.1 Å². The summed E-state index contributed by atoms with van der Waals surface area (Å²) < 4.78 is 5.38. The van der Waals surface area contributed by atoms with Crippen molar-refractivity contribution in [3.05, 3.63) is 29.8 Å². The quantitative estimate of drug-likeness (QED) is 0.867. The molecule has 0 aliphatic carbocycles. The first-order valence-electron chi connectivity index (χ1n) is 8.26. The Morgan fingerprint density at radius 2 is 2.08 bits per heavy atom. The van der Waals surface area contributed by atoms with Gasteiger partial charge in [0.25, 0.3) is 11.8 Å². The maximum absolute atomic E-state index is 12.6. The Hall–Kier alpha value is -1.63. The summed E-state index contributed by atoms with van der Waals surface area (Å²) in [6.45, 7) is 3.88. The summed E-state index contributed by atoms with van der Waals surface area (Å²) in [4.78, 5) is 26.6. The van der Waals surface area contributed by atoms with Gasteiger partial charge in [0, 0.05) is 37.5 Å². The molecule has 24 heavy (non-hydrogen) atoms. The molecule has 2 aliphatic heterocycles. The molecule has 1 atom stereocenters. The van der Waals surface area contributed by atoms with Gasteiger partial charge in [0.15, 0.2) is 0 Å². The zero-order valence-electron chi connectivity index (χ0n) is 13.6. The van der Waals surface area contributed by atoms with E-state index in [0.29, 0.717) is 24.4 Å². The maximum Gasteiger partial charge on any atom is 0.253 e. The molecular weight excluding hydrogens is 330 g/mol. The fourth-order valence-electron chi connectivity index (χ4n) is 2.97. The highest BCUT2D eigenvalue weighted by Gasteiger charge is 2.24. The van der Waals surface area contributed by atoms with Crippen molar-refractivity contribution in [2.45, 2.75) is 25.4 Å². The molecule has 1 aromatic carbocycles. The van der Waals surface area contributed by atoms with Crippen molar-refractivity contribution in [3.63, 3.8) is 0 Å². The van der Waals surface area contributed by atoms with Crippen LogP contribution in [-0.4, -0.2) is 55.6 Å². The Bertz CT molecular complexity index is 568. The first-order chi connectivity index (χ1) is 11.2. The van der Waals surface area contributed by atoms with Gasteiger partial charge in [-0.2, -0.15) is 0 Å². The minimum atomic E-state index is -0.369. The molecule has 0 spiro atoms. The lowest BCUT2D eigenvalue weighted by Gasteiger charge is -2.20.